The van der Waals surface area contributed by atoms with E-state index in [9.17, 15) is 0 Å². The molecule has 1 fully saturated rings. The smallest absolute Gasteiger partial charge is 0.122 e. The first-order valence-electron chi connectivity index (χ1n) is 7.56. The van der Waals surface area contributed by atoms with Gasteiger partial charge in [0.15, 0.2) is 0 Å². The van der Waals surface area contributed by atoms with Crippen LogP contribution in [0, 0.1) is 0 Å². The van der Waals surface area contributed by atoms with Crippen LogP contribution in [0.1, 0.15) is 43.2 Å². The molecule has 0 amide bonds. The Morgan fingerprint density at radius 3 is 3.00 bits per heavy atom. The Balaban J connectivity index is 1.60. The molecule has 2 unspecified atom stereocenters. The Morgan fingerprint density at radius 2 is 2.11 bits per heavy atom. The van der Waals surface area contributed by atoms with Crippen LogP contribution in [0.2, 0.25) is 0 Å². The molecule has 1 aromatic carbocycles. The first-order chi connectivity index (χ1) is 9.33. The summed E-state index contributed by atoms with van der Waals surface area (Å²) in [5.41, 5.74) is 8.88. The van der Waals surface area contributed by atoms with Crippen molar-refractivity contribution in [3.63, 3.8) is 0 Å². The van der Waals surface area contributed by atoms with Crippen molar-refractivity contribution in [1.82, 2.24) is 5.32 Å². The molecule has 2 aliphatic rings. The van der Waals surface area contributed by atoms with E-state index in [1.807, 2.05) is 0 Å². The van der Waals surface area contributed by atoms with E-state index < -0.39 is 0 Å². The fraction of sp³-hybridized carbons (Fsp3) is 0.625. The molecule has 3 rings (SSSR count). The largest absolute Gasteiger partial charge is 0.493 e. The zero-order chi connectivity index (χ0) is 13.1. The minimum Gasteiger partial charge on any atom is -0.493 e. The predicted molar refractivity (Wildman–Crippen MR) is 77.3 cm³/mol. The lowest BCUT2D eigenvalue weighted by Gasteiger charge is -2.29. The van der Waals surface area contributed by atoms with Gasteiger partial charge in [-0.1, -0.05) is 25.0 Å². The highest BCUT2D eigenvalue weighted by Crippen LogP contribution is 2.25. The minimum absolute atomic E-state index is 0.328. The van der Waals surface area contributed by atoms with Gasteiger partial charge in [-0.15, -0.1) is 0 Å². The molecule has 1 aliphatic heterocycles. The number of aryl methyl sites for hydroxylation is 1. The summed E-state index contributed by atoms with van der Waals surface area (Å²) in [5, 5.41) is 3.63. The number of nitrogens with two attached hydrogens (primary N) is 1. The summed E-state index contributed by atoms with van der Waals surface area (Å²) in [4.78, 5) is 0. The molecule has 19 heavy (non-hydrogen) atoms. The Morgan fingerprint density at radius 1 is 1.21 bits per heavy atom. The van der Waals surface area contributed by atoms with Gasteiger partial charge in [0.25, 0.3) is 0 Å². The SMILES string of the molecule is NC1CCCCC1NCc1ccc2c(c1)CCCO2. The van der Waals surface area contributed by atoms with Crippen molar-refractivity contribution in [3.05, 3.63) is 29.3 Å². The first-order valence-corrected chi connectivity index (χ1v) is 7.56. The molecule has 0 bridgehead atoms. The fourth-order valence-corrected chi connectivity index (χ4v) is 3.19. The third-order valence-electron chi connectivity index (χ3n) is 4.36. The average molecular weight is 260 g/mol. The molecule has 3 nitrogen and oxygen atoms in total. The van der Waals surface area contributed by atoms with Crippen molar-refractivity contribution < 1.29 is 4.74 Å². The Kier molecular flexibility index (Phi) is 4.04. The lowest BCUT2D eigenvalue weighted by Crippen LogP contribution is -2.46. The second kappa shape index (κ2) is 5.93. The standard InChI is InChI=1S/C16H24N2O/c17-14-5-1-2-6-15(14)18-11-12-7-8-16-13(10-12)4-3-9-19-16/h7-8,10,14-15,18H,1-6,9,11,17H2. The highest BCUT2D eigenvalue weighted by Gasteiger charge is 2.21. The summed E-state index contributed by atoms with van der Waals surface area (Å²) in [7, 11) is 0. The van der Waals surface area contributed by atoms with E-state index in [-0.39, 0.29) is 0 Å². The van der Waals surface area contributed by atoms with Crippen molar-refractivity contribution in [2.24, 2.45) is 5.73 Å². The molecule has 1 aromatic rings. The number of hydrogen-bond acceptors (Lipinski definition) is 3. The number of fused-ring (bicyclic) bond motifs is 1. The van der Waals surface area contributed by atoms with Crippen molar-refractivity contribution >= 4 is 0 Å². The Hall–Kier alpha value is -1.06. The molecule has 2 atom stereocenters. The van der Waals surface area contributed by atoms with Crippen LogP contribution in [-0.4, -0.2) is 18.7 Å². The van der Waals surface area contributed by atoms with E-state index in [2.05, 4.69) is 23.5 Å². The molecule has 0 saturated heterocycles. The van der Waals surface area contributed by atoms with Crippen molar-refractivity contribution in [2.45, 2.75) is 57.2 Å². The Bertz CT molecular complexity index is 433. The molecule has 104 valence electrons. The minimum atomic E-state index is 0.328. The van der Waals surface area contributed by atoms with Gasteiger partial charge in [-0.05, 0) is 42.9 Å². The van der Waals surface area contributed by atoms with Crippen LogP contribution >= 0.6 is 0 Å². The van der Waals surface area contributed by atoms with Crippen LogP contribution in [0.4, 0.5) is 0 Å². The summed E-state index contributed by atoms with van der Waals surface area (Å²) in [5.74, 6) is 1.07. The first kappa shape index (κ1) is 12.9. The van der Waals surface area contributed by atoms with Gasteiger partial charge in [0.2, 0.25) is 0 Å². The molecule has 0 spiro atoms. The maximum Gasteiger partial charge on any atom is 0.122 e. The van der Waals surface area contributed by atoms with Gasteiger partial charge in [0, 0.05) is 18.6 Å². The highest BCUT2D eigenvalue weighted by atomic mass is 16.5. The number of hydrogen-bond donors (Lipinski definition) is 2. The van der Waals surface area contributed by atoms with Crippen molar-refractivity contribution in [2.75, 3.05) is 6.61 Å². The van der Waals surface area contributed by atoms with Gasteiger partial charge in [-0.3, -0.25) is 0 Å². The van der Waals surface area contributed by atoms with Crippen LogP contribution in [0.25, 0.3) is 0 Å². The molecule has 1 heterocycles. The van der Waals surface area contributed by atoms with Crippen LogP contribution in [0.3, 0.4) is 0 Å². The van der Waals surface area contributed by atoms with Gasteiger partial charge in [-0.2, -0.15) is 0 Å². The number of ether oxygens (including phenoxy) is 1. The van der Waals surface area contributed by atoms with Crippen molar-refractivity contribution in [1.29, 1.82) is 0 Å². The zero-order valence-electron chi connectivity index (χ0n) is 11.5. The molecule has 3 heteroatoms. The summed E-state index contributed by atoms with van der Waals surface area (Å²) in [6.07, 6.45) is 7.26. The maximum atomic E-state index is 6.17. The van der Waals surface area contributed by atoms with Crippen LogP contribution < -0.4 is 15.8 Å². The molecule has 0 radical (unpaired) electrons. The van der Waals surface area contributed by atoms with Gasteiger partial charge in [0.1, 0.15) is 5.75 Å². The lowest BCUT2D eigenvalue weighted by atomic mass is 9.91. The quantitative estimate of drug-likeness (QED) is 0.877. The zero-order valence-corrected chi connectivity index (χ0v) is 11.5. The number of benzene rings is 1. The van der Waals surface area contributed by atoms with Crippen LogP contribution in [0.15, 0.2) is 18.2 Å². The number of rotatable bonds is 3. The van der Waals surface area contributed by atoms with E-state index in [1.165, 1.54) is 30.4 Å². The fourth-order valence-electron chi connectivity index (χ4n) is 3.19. The average Bonchev–Trinajstić information content (AvgIpc) is 2.46. The maximum absolute atomic E-state index is 6.17. The molecular formula is C16H24N2O. The van der Waals surface area contributed by atoms with Crippen LogP contribution in [-0.2, 0) is 13.0 Å². The van der Waals surface area contributed by atoms with Crippen LogP contribution in [0.5, 0.6) is 5.75 Å². The molecular weight excluding hydrogens is 236 g/mol. The van der Waals surface area contributed by atoms with Crippen molar-refractivity contribution in [3.8, 4) is 5.75 Å². The second-order valence-corrected chi connectivity index (χ2v) is 5.83. The summed E-state index contributed by atoms with van der Waals surface area (Å²) in [6, 6.07) is 7.39. The Labute approximate surface area is 115 Å². The summed E-state index contributed by atoms with van der Waals surface area (Å²) in [6.45, 7) is 1.78. The van der Waals surface area contributed by atoms with Gasteiger partial charge in [0.05, 0.1) is 6.61 Å². The second-order valence-electron chi connectivity index (χ2n) is 5.83. The van der Waals surface area contributed by atoms with Gasteiger partial charge >= 0.3 is 0 Å². The van der Waals surface area contributed by atoms with E-state index in [4.69, 9.17) is 10.5 Å². The summed E-state index contributed by atoms with van der Waals surface area (Å²) >= 11 is 0. The molecule has 1 saturated carbocycles. The third kappa shape index (κ3) is 3.10. The normalized spacial score (nSPS) is 26.6. The van der Waals surface area contributed by atoms with E-state index in [0.29, 0.717) is 12.1 Å². The van der Waals surface area contributed by atoms with Gasteiger partial charge < -0.3 is 15.8 Å². The van der Waals surface area contributed by atoms with E-state index >= 15 is 0 Å². The predicted octanol–water partition coefficient (Wildman–Crippen LogP) is 2.37. The molecule has 3 N–H and O–H groups in total. The van der Waals surface area contributed by atoms with E-state index in [0.717, 1.165) is 38.2 Å². The van der Waals surface area contributed by atoms with E-state index in [1.54, 1.807) is 0 Å². The lowest BCUT2D eigenvalue weighted by molar-refractivity contribution is 0.288. The molecule has 0 aromatic heterocycles. The molecule has 1 aliphatic carbocycles. The monoisotopic (exact) mass is 260 g/mol. The topological polar surface area (TPSA) is 47.3 Å². The summed E-state index contributed by atoms with van der Waals surface area (Å²) < 4.78 is 5.65. The third-order valence-corrected chi connectivity index (χ3v) is 4.36. The van der Waals surface area contributed by atoms with Gasteiger partial charge in [-0.25, -0.2) is 0 Å². The number of nitrogens with one attached hydrogen (secondary N) is 1. The highest BCUT2D eigenvalue weighted by molar-refractivity contribution is 5.38.